The number of hydrogen-bond donors (Lipinski definition) is 2. The van der Waals surface area contributed by atoms with Gasteiger partial charge in [-0.3, -0.25) is 10.1 Å². The van der Waals surface area contributed by atoms with Crippen LogP contribution in [0.3, 0.4) is 0 Å². The monoisotopic (exact) mass is 364 g/mol. The summed E-state index contributed by atoms with van der Waals surface area (Å²) in [5, 5.41) is 17.8. The average Bonchev–Trinajstić information content (AvgIpc) is 3.21. The van der Waals surface area contributed by atoms with E-state index in [1.165, 1.54) is 0 Å². The summed E-state index contributed by atoms with van der Waals surface area (Å²) in [6.07, 6.45) is 2.09. The highest BCUT2D eigenvalue weighted by atomic mass is 16.3. The van der Waals surface area contributed by atoms with E-state index < -0.39 is 6.10 Å². The first-order valence-corrected chi connectivity index (χ1v) is 9.21. The summed E-state index contributed by atoms with van der Waals surface area (Å²) in [7, 11) is 0. The maximum Gasteiger partial charge on any atom is 0.225 e. The summed E-state index contributed by atoms with van der Waals surface area (Å²) >= 11 is 0. The van der Waals surface area contributed by atoms with Crippen LogP contribution in [0.15, 0.2) is 30.5 Å². The number of rotatable bonds is 4. The molecule has 0 amide bonds. The molecule has 0 saturated carbocycles. The molecule has 4 rings (SSSR count). The lowest BCUT2D eigenvalue weighted by Gasteiger charge is -2.16. The Morgan fingerprint density at radius 2 is 2.00 bits per heavy atom. The highest BCUT2D eigenvalue weighted by molar-refractivity contribution is 5.62. The Hall–Kier alpha value is -2.80. The zero-order valence-corrected chi connectivity index (χ0v) is 15.8. The fourth-order valence-corrected chi connectivity index (χ4v) is 3.67. The van der Waals surface area contributed by atoms with Crippen molar-refractivity contribution in [3.05, 3.63) is 53.2 Å². The van der Waals surface area contributed by atoms with E-state index in [1.807, 2.05) is 45.0 Å². The molecule has 3 aromatic heterocycles. The molecule has 7 nitrogen and oxygen atoms in total. The Labute approximate surface area is 158 Å². The molecule has 3 aromatic rings. The van der Waals surface area contributed by atoms with Gasteiger partial charge in [-0.25, -0.2) is 9.97 Å². The maximum atomic E-state index is 10.5. The Morgan fingerprint density at radius 1 is 1.15 bits per heavy atom. The fraction of sp³-hybridized carbons (Fsp3) is 0.400. The summed E-state index contributed by atoms with van der Waals surface area (Å²) in [6, 6.07) is 7.97. The lowest BCUT2D eigenvalue weighted by atomic mass is 10.0. The minimum absolute atomic E-state index is 0.114. The molecule has 2 atom stereocenters. The molecule has 0 aliphatic carbocycles. The van der Waals surface area contributed by atoms with Crippen molar-refractivity contribution in [1.29, 1.82) is 0 Å². The summed E-state index contributed by atoms with van der Waals surface area (Å²) < 4.78 is 0. The molecule has 1 aliphatic rings. The third-order valence-corrected chi connectivity index (χ3v) is 5.06. The predicted octanol–water partition coefficient (Wildman–Crippen LogP) is 2.23. The van der Waals surface area contributed by atoms with Crippen LogP contribution in [-0.2, 0) is 6.42 Å². The van der Waals surface area contributed by atoms with E-state index in [2.05, 4.69) is 25.1 Å². The second-order valence-corrected chi connectivity index (χ2v) is 7.31. The highest BCUT2D eigenvalue weighted by Gasteiger charge is 2.33. The molecular formula is C20H24N6O. The van der Waals surface area contributed by atoms with E-state index >= 15 is 0 Å². The Bertz CT molecular complexity index is 953. The van der Waals surface area contributed by atoms with Gasteiger partial charge in [-0.15, -0.1) is 0 Å². The van der Waals surface area contributed by atoms with Crippen LogP contribution >= 0.6 is 0 Å². The SMILES string of the molecule is Cc1ccc(-c2ccnc(N3C[C@@H](Cc4cc(C)[nH]n4)[C@H](O)C3)n2)c(C)n1. The molecule has 0 unspecified atom stereocenters. The summed E-state index contributed by atoms with van der Waals surface area (Å²) in [5.74, 6) is 0.759. The van der Waals surface area contributed by atoms with Crippen LogP contribution in [0.2, 0.25) is 0 Å². The third-order valence-electron chi connectivity index (χ3n) is 5.06. The van der Waals surface area contributed by atoms with Gasteiger partial charge in [0.1, 0.15) is 0 Å². The topological polar surface area (TPSA) is 90.8 Å². The number of H-pyrrole nitrogens is 1. The highest BCUT2D eigenvalue weighted by Crippen LogP contribution is 2.27. The number of aromatic nitrogens is 5. The summed E-state index contributed by atoms with van der Waals surface area (Å²) in [5.41, 5.74) is 5.82. The molecule has 4 heterocycles. The molecule has 1 fully saturated rings. The molecular weight excluding hydrogens is 340 g/mol. The second kappa shape index (κ2) is 7.08. The lowest BCUT2D eigenvalue weighted by molar-refractivity contribution is 0.148. The van der Waals surface area contributed by atoms with Gasteiger partial charge in [0.2, 0.25) is 5.95 Å². The zero-order valence-electron chi connectivity index (χ0n) is 15.8. The van der Waals surface area contributed by atoms with Crippen molar-refractivity contribution in [2.24, 2.45) is 5.92 Å². The van der Waals surface area contributed by atoms with Crippen LogP contribution in [0, 0.1) is 26.7 Å². The van der Waals surface area contributed by atoms with Gasteiger partial charge in [0.25, 0.3) is 0 Å². The van der Waals surface area contributed by atoms with Crippen molar-refractivity contribution < 1.29 is 5.11 Å². The van der Waals surface area contributed by atoms with Crippen LogP contribution in [-0.4, -0.2) is 49.4 Å². The van der Waals surface area contributed by atoms with Crippen LogP contribution in [0.4, 0.5) is 5.95 Å². The van der Waals surface area contributed by atoms with E-state index in [0.717, 1.165) is 40.5 Å². The van der Waals surface area contributed by atoms with Gasteiger partial charge in [-0.1, -0.05) is 0 Å². The number of aliphatic hydroxyl groups excluding tert-OH is 1. The van der Waals surface area contributed by atoms with Gasteiger partial charge in [-0.05, 0) is 51.5 Å². The molecule has 0 aromatic carbocycles. The minimum atomic E-state index is -0.419. The largest absolute Gasteiger partial charge is 0.391 e. The Morgan fingerprint density at radius 3 is 2.74 bits per heavy atom. The summed E-state index contributed by atoms with van der Waals surface area (Å²) in [6.45, 7) is 7.19. The molecule has 0 spiro atoms. The van der Waals surface area contributed by atoms with Gasteiger partial charge in [0, 0.05) is 47.8 Å². The van der Waals surface area contributed by atoms with Crippen LogP contribution in [0.5, 0.6) is 0 Å². The number of nitrogens with one attached hydrogen (secondary N) is 1. The van der Waals surface area contributed by atoms with E-state index in [0.29, 0.717) is 19.0 Å². The van der Waals surface area contributed by atoms with Gasteiger partial charge in [-0.2, -0.15) is 5.10 Å². The number of pyridine rings is 1. The maximum absolute atomic E-state index is 10.5. The quantitative estimate of drug-likeness (QED) is 0.738. The smallest absolute Gasteiger partial charge is 0.225 e. The fourth-order valence-electron chi connectivity index (χ4n) is 3.67. The van der Waals surface area contributed by atoms with Crippen molar-refractivity contribution in [2.45, 2.75) is 33.3 Å². The first-order valence-electron chi connectivity index (χ1n) is 9.21. The molecule has 0 bridgehead atoms. The number of anilines is 1. The third kappa shape index (κ3) is 3.68. The molecule has 1 aliphatic heterocycles. The molecule has 140 valence electrons. The number of nitrogens with zero attached hydrogens (tertiary/aromatic N) is 5. The standard InChI is InChI=1S/C20H24N6O/c1-12-4-5-17(14(3)22-12)18-6-7-21-20(23-18)26-10-15(19(27)11-26)9-16-8-13(2)24-25-16/h4-8,15,19,27H,9-11H2,1-3H3,(H,24,25)/t15-,19-/m1/s1. The Kier molecular flexibility index (Phi) is 4.61. The average molecular weight is 364 g/mol. The first kappa shape index (κ1) is 17.6. The lowest BCUT2D eigenvalue weighted by Crippen LogP contribution is -2.23. The van der Waals surface area contributed by atoms with E-state index in [-0.39, 0.29) is 5.92 Å². The van der Waals surface area contributed by atoms with Gasteiger partial charge in [0.05, 0.1) is 17.5 Å². The Balaban J connectivity index is 1.54. The zero-order chi connectivity index (χ0) is 19.0. The minimum Gasteiger partial charge on any atom is -0.391 e. The molecule has 0 radical (unpaired) electrons. The van der Waals surface area contributed by atoms with Crippen molar-refractivity contribution in [3.8, 4) is 11.3 Å². The van der Waals surface area contributed by atoms with Crippen molar-refractivity contribution >= 4 is 5.95 Å². The number of aromatic amines is 1. The number of hydrogen-bond acceptors (Lipinski definition) is 6. The normalized spacial score (nSPS) is 19.6. The second-order valence-electron chi connectivity index (χ2n) is 7.31. The molecule has 1 saturated heterocycles. The van der Waals surface area contributed by atoms with E-state index in [4.69, 9.17) is 4.98 Å². The van der Waals surface area contributed by atoms with Gasteiger partial charge >= 0.3 is 0 Å². The van der Waals surface area contributed by atoms with Crippen LogP contribution in [0.1, 0.15) is 22.8 Å². The van der Waals surface area contributed by atoms with Crippen LogP contribution < -0.4 is 4.90 Å². The molecule has 7 heteroatoms. The molecule has 27 heavy (non-hydrogen) atoms. The number of aliphatic hydroxyl groups is 1. The van der Waals surface area contributed by atoms with Crippen molar-refractivity contribution in [3.63, 3.8) is 0 Å². The number of aryl methyl sites for hydroxylation is 3. The van der Waals surface area contributed by atoms with Gasteiger partial charge < -0.3 is 10.0 Å². The van der Waals surface area contributed by atoms with Gasteiger partial charge in [0.15, 0.2) is 0 Å². The first-order chi connectivity index (χ1) is 13.0. The number of β-amino-alcohol motifs (C(OH)–C–C–N with tert-alkyl or cyclic N) is 1. The predicted molar refractivity (Wildman–Crippen MR) is 103 cm³/mol. The van der Waals surface area contributed by atoms with E-state index in [1.54, 1.807) is 6.20 Å². The van der Waals surface area contributed by atoms with E-state index in [9.17, 15) is 5.11 Å². The van der Waals surface area contributed by atoms with Crippen molar-refractivity contribution in [1.82, 2.24) is 25.1 Å². The van der Waals surface area contributed by atoms with Crippen molar-refractivity contribution in [2.75, 3.05) is 18.0 Å². The summed E-state index contributed by atoms with van der Waals surface area (Å²) in [4.78, 5) is 15.8. The van der Waals surface area contributed by atoms with Crippen LogP contribution in [0.25, 0.3) is 11.3 Å². The molecule has 2 N–H and O–H groups in total.